The van der Waals surface area contributed by atoms with Gasteiger partial charge in [0.1, 0.15) is 9.84 Å². The van der Waals surface area contributed by atoms with Crippen molar-refractivity contribution in [2.24, 2.45) is 5.92 Å². The molecule has 112 valence electrons. The first kappa shape index (κ1) is 15.1. The number of hydrogen-bond donors (Lipinski definition) is 2. The lowest BCUT2D eigenvalue weighted by Gasteiger charge is -2.28. The third-order valence-electron chi connectivity index (χ3n) is 3.92. The summed E-state index contributed by atoms with van der Waals surface area (Å²) in [7, 11) is -2.90. The van der Waals surface area contributed by atoms with Gasteiger partial charge >= 0.3 is 0 Å². The summed E-state index contributed by atoms with van der Waals surface area (Å²) in [6.45, 7) is 1.87. The fraction of sp³-hybridized carbons (Fsp3) is 0.643. The highest BCUT2D eigenvalue weighted by atomic mass is 32.2. The minimum absolute atomic E-state index is 0.0460. The lowest BCUT2D eigenvalue weighted by molar-refractivity contribution is 0.0922. The Morgan fingerprint density at radius 2 is 2.00 bits per heavy atom. The molecule has 2 rings (SSSR count). The van der Waals surface area contributed by atoms with Gasteiger partial charge in [0.2, 0.25) is 0 Å². The zero-order valence-electron chi connectivity index (χ0n) is 12.0. The molecule has 0 aromatic carbocycles. The van der Waals surface area contributed by atoms with Crippen LogP contribution < -0.4 is 5.32 Å². The maximum absolute atomic E-state index is 12.1. The molecule has 1 aromatic heterocycles. The number of aromatic nitrogens is 1. The Hall–Kier alpha value is -1.30. The monoisotopic (exact) mass is 298 g/mol. The molecule has 0 spiro atoms. The van der Waals surface area contributed by atoms with E-state index in [1.54, 1.807) is 12.3 Å². The number of sulfone groups is 1. The van der Waals surface area contributed by atoms with Crippen molar-refractivity contribution in [2.45, 2.75) is 38.6 Å². The van der Waals surface area contributed by atoms with Crippen molar-refractivity contribution >= 4 is 15.7 Å². The van der Waals surface area contributed by atoms with Crippen LogP contribution in [0.4, 0.5) is 0 Å². The highest BCUT2D eigenvalue weighted by Crippen LogP contribution is 2.25. The second-order valence-corrected chi connectivity index (χ2v) is 7.98. The summed E-state index contributed by atoms with van der Waals surface area (Å²) in [5, 5.41) is 3.04. The standard InChI is InChI=1S/C14H22N2O3S/c1-10-13(7-8-15-10)14(17)16-12-5-3-11(4-6-12)9-20(2,18)19/h7-8,11-12,15H,3-6,9H2,1-2H3,(H,16,17). The van der Waals surface area contributed by atoms with E-state index in [9.17, 15) is 13.2 Å². The minimum Gasteiger partial charge on any atom is -0.365 e. The summed E-state index contributed by atoms with van der Waals surface area (Å²) in [5.41, 5.74) is 1.55. The SMILES string of the molecule is Cc1[nH]ccc1C(=O)NC1CCC(CS(C)(=O)=O)CC1. The lowest BCUT2D eigenvalue weighted by atomic mass is 9.87. The Balaban J connectivity index is 1.83. The third kappa shape index (κ3) is 4.10. The molecule has 1 heterocycles. The highest BCUT2D eigenvalue weighted by Gasteiger charge is 2.25. The molecule has 0 saturated heterocycles. The summed E-state index contributed by atoms with van der Waals surface area (Å²) in [5.74, 6) is 0.465. The number of hydrogen-bond acceptors (Lipinski definition) is 3. The Labute approximate surface area is 120 Å². The summed E-state index contributed by atoms with van der Waals surface area (Å²) in [4.78, 5) is 15.1. The summed E-state index contributed by atoms with van der Waals surface area (Å²) in [6, 6.07) is 1.94. The van der Waals surface area contributed by atoms with Crippen molar-refractivity contribution in [1.29, 1.82) is 0 Å². The molecule has 1 fully saturated rings. The van der Waals surface area contributed by atoms with Gasteiger partial charge in [0.05, 0.1) is 11.3 Å². The van der Waals surface area contributed by atoms with Crippen molar-refractivity contribution < 1.29 is 13.2 Å². The number of aryl methyl sites for hydroxylation is 1. The van der Waals surface area contributed by atoms with Crippen LogP contribution in [0.1, 0.15) is 41.7 Å². The molecule has 0 radical (unpaired) electrons. The van der Waals surface area contributed by atoms with Crippen molar-refractivity contribution in [1.82, 2.24) is 10.3 Å². The molecule has 1 amide bonds. The van der Waals surface area contributed by atoms with E-state index in [0.717, 1.165) is 31.4 Å². The van der Waals surface area contributed by atoms with Gasteiger partial charge in [-0.1, -0.05) is 0 Å². The van der Waals surface area contributed by atoms with Crippen LogP contribution >= 0.6 is 0 Å². The number of aromatic amines is 1. The van der Waals surface area contributed by atoms with Crippen LogP contribution in [-0.2, 0) is 9.84 Å². The summed E-state index contributed by atoms with van der Waals surface area (Å²) < 4.78 is 22.6. The molecular formula is C14H22N2O3S. The van der Waals surface area contributed by atoms with Crippen LogP contribution in [0, 0.1) is 12.8 Å². The fourth-order valence-corrected chi connectivity index (χ4v) is 4.05. The first-order chi connectivity index (χ1) is 9.35. The van der Waals surface area contributed by atoms with Gasteiger partial charge in [-0.3, -0.25) is 4.79 Å². The van der Waals surface area contributed by atoms with Gasteiger partial charge in [-0.25, -0.2) is 8.42 Å². The number of carbonyl (C=O) groups excluding carboxylic acids is 1. The molecule has 0 aliphatic heterocycles. The predicted molar refractivity (Wildman–Crippen MR) is 78.5 cm³/mol. The molecule has 1 aromatic rings. The molecule has 0 unspecified atom stereocenters. The molecule has 0 bridgehead atoms. The van der Waals surface area contributed by atoms with Crippen LogP contribution in [0.2, 0.25) is 0 Å². The molecule has 20 heavy (non-hydrogen) atoms. The maximum atomic E-state index is 12.1. The van der Waals surface area contributed by atoms with Gasteiger partial charge < -0.3 is 10.3 Å². The number of amides is 1. The topological polar surface area (TPSA) is 79.0 Å². The van der Waals surface area contributed by atoms with Gasteiger partial charge in [0.15, 0.2) is 0 Å². The van der Waals surface area contributed by atoms with E-state index in [1.165, 1.54) is 6.26 Å². The van der Waals surface area contributed by atoms with E-state index < -0.39 is 9.84 Å². The zero-order chi connectivity index (χ0) is 14.8. The van der Waals surface area contributed by atoms with E-state index in [0.29, 0.717) is 5.56 Å². The van der Waals surface area contributed by atoms with E-state index in [-0.39, 0.29) is 23.6 Å². The van der Waals surface area contributed by atoms with Crippen molar-refractivity contribution in [3.63, 3.8) is 0 Å². The Morgan fingerprint density at radius 1 is 1.35 bits per heavy atom. The number of rotatable bonds is 4. The predicted octanol–water partition coefficient (Wildman–Crippen LogP) is 1.66. The van der Waals surface area contributed by atoms with Gasteiger partial charge in [-0.2, -0.15) is 0 Å². The minimum atomic E-state index is -2.90. The first-order valence-corrected chi connectivity index (χ1v) is 9.04. The normalized spacial score (nSPS) is 23.5. The Bertz CT molecular complexity index is 569. The Kier molecular flexibility index (Phi) is 4.52. The van der Waals surface area contributed by atoms with Crippen LogP contribution in [0.15, 0.2) is 12.3 Å². The van der Waals surface area contributed by atoms with Crippen molar-refractivity contribution in [3.8, 4) is 0 Å². The van der Waals surface area contributed by atoms with E-state index in [1.807, 2.05) is 6.92 Å². The molecule has 1 saturated carbocycles. The first-order valence-electron chi connectivity index (χ1n) is 6.97. The lowest BCUT2D eigenvalue weighted by Crippen LogP contribution is -2.38. The summed E-state index contributed by atoms with van der Waals surface area (Å²) in [6.07, 6.45) is 6.49. The number of carbonyl (C=O) groups is 1. The molecule has 5 nitrogen and oxygen atoms in total. The summed E-state index contributed by atoms with van der Waals surface area (Å²) >= 11 is 0. The van der Waals surface area contributed by atoms with E-state index >= 15 is 0 Å². The van der Waals surface area contributed by atoms with Crippen LogP contribution in [0.25, 0.3) is 0 Å². The van der Waals surface area contributed by atoms with Crippen LogP contribution in [0.3, 0.4) is 0 Å². The highest BCUT2D eigenvalue weighted by molar-refractivity contribution is 7.90. The van der Waals surface area contributed by atoms with Gasteiger partial charge in [0.25, 0.3) is 5.91 Å². The van der Waals surface area contributed by atoms with E-state index in [4.69, 9.17) is 0 Å². The molecule has 1 aliphatic rings. The average Bonchev–Trinajstić information content (AvgIpc) is 2.76. The van der Waals surface area contributed by atoms with Crippen molar-refractivity contribution in [2.75, 3.05) is 12.0 Å². The van der Waals surface area contributed by atoms with Crippen molar-refractivity contribution in [3.05, 3.63) is 23.5 Å². The smallest absolute Gasteiger partial charge is 0.253 e. The number of nitrogens with one attached hydrogen (secondary N) is 2. The second kappa shape index (κ2) is 5.99. The van der Waals surface area contributed by atoms with Crippen LogP contribution in [-0.4, -0.2) is 37.4 Å². The van der Waals surface area contributed by atoms with Gasteiger partial charge in [-0.15, -0.1) is 0 Å². The number of H-pyrrole nitrogens is 1. The molecule has 1 aliphatic carbocycles. The quantitative estimate of drug-likeness (QED) is 0.887. The van der Waals surface area contributed by atoms with E-state index in [2.05, 4.69) is 10.3 Å². The third-order valence-corrected chi connectivity index (χ3v) is 5.00. The molecule has 6 heteroatoms. The van der Waals surface area contributed by atoms with Gasteiger partial charge in [0, 0.05) is 24.2 Å². The average molecular weight is 298 g/mol. The fourth-order valence-electron chi connectivity index (χ4n) is 2.86. The molecule has 2 N–H and O–H groups in total. The Morgan fingerprint density at radius 3 is 2.50 bits per heavy atom. The largest absolute Gasteiger partial charge is 0.365 e. The van der Waals surface area contributed by atoms with Gasteiger partial charge in [-0.05, 0) is 44.6 Å². The van der Waals surface area contributed by atoms with Crippen LogP contribution in [0.5, 0.6) is 0 Å². The molecule has 0 atom stereocenters. The zero-order valence-corrected chi connectivity index (χ0v) is 12.8. The second-order valence-electron chi connectivity index (χ2n) is 5.80. The maximum Gasteiger partial charge on any atom is 0.253 e. The molecular weight excluding hydrogens is 276 g/mol.